The van der Waals surface area contributed by atoms with Crippen LogP contribution in [0.15, 0.2) is 58.8 Å². The smallest absolute Gasteiger partial charge is 0.404 e. The number of aliphatic hydroxyl groups excluding tert-OH is 1. The first-order valence-corrected chi connectivity index (χ1v) is 14.7. The third kappa shape index (κ3) is 8.71. The van der Waals surface area contributed by atoms with Crippen molar-refractivity contribution < 1.29 is 33.1 Å². The molecular weight excluding hydrogens is 560 g/mol. The van der Waals surface area contributed by atoms with Gasteiger partial charge in [0.05, 0.1) is 32.7 Å². The molecule has 0 radical (unpaired) electrons. The molecule has 40 heavy (non-hydrogen) atoms. The highest BCUT2D eigenvalue weighted by Crippen LogP contribution is 2.22. The number of hydrogen-bond donors (Lipinski definition) is 3. The van der Waals surface area contributed by atoms with E-state index in [-0.39, 0.29) is 29.5 Å². The van der Waals surface area contributed by atoms with Crippen LogP contribution in [0, 0.1) is 23.0 Å². The van der Waals surface area contributed by atoms with E-state index in [4.69, 9.17) is 4.74 Å². The zero-order valence-corrected chi connectivity index (χ0v) is 23.9. The summed E-state index contributed by atoms with van der Waals surface area (Å²) in [5.74, 6) is 0.474. The van der Waals surface area contributed by atoms with Crippen LogP contribution >= 0.6 is 11.3 Å². The molecule has 0 spiro atoms. The molecule has 3 rings (SSSR count). The Morgan fingerprint density at radius 3 is 2.33 bits per heavy atom. The quantitative estimate of drug-likeness (QED) is 0.186. The van der Waals surface area contributed by atoms with Crippen LogP contribution in [0.5, 0.6) is 5.75 Å². The van der Waals surface area contributed by atoms with E-state index in [1.54, 1.807) is 38.1 Å². The summed E-state index contributed by atoms with van der Waals surface area (Å²) in [5, 5.41) is 36.5. The van der Waals surface area contributed by atoms with Gasteiger partial charge in [0.25, 0.3) is 5.69 Å². The molecule has 12 nitrogen and oxygen atoms in total. The molecule has 0 bridgehead atoms. The Labute approximate surface area is 236 Å². The number of benzene rings is 2. The number of sulfonamides is 1. The average Bonchev–Trinajstić information content (AvgIpc) is 3.32. The van der Waals surface area contributed by atoms with Gasteiger partial charge in [-0.2, -0.15) is 4.31 Å². The molecule has 3 N–H and O–H groups in total. The first kappa shape index (κ1) is 30.9. The number of carbonyl (C=O) groups is 1. The number of hydrogen-bond acceptors (Lipinski definition) is 9. The first-order chi connectivity index (χ1) is 18.8. The number of nitro benzene ring substituents is 1. The second-order valence-electron chi connectivity index (χ2n) is 9.58. The molecule has 3 aromatic rings. The molecule has 0 saturated heterocycles. The van der Waals surface area contributed by atoms with Gasteiger partial charge in [-0.15, -0.1) is 11.3 Å². The molecule has 1 aromatic heterocycles. The van der Waals surface area contributed by atoms with Crippen molar-refractivity contribution in [3.8, 4) is 5.75 Å². The minimum absolute atomic E-state index is 0.0424. The molecule has 2 aromatic carbocycles. The molecule has 0 saturated carbocycles. The lowest BCUT2D eigenvalue weighted by Crippen LogP contribution is -2.50. The van der Waals surface area contributed by atoms with Crippen LogP contribution < -0.4 is 10.1 Å². The van der Waals surface area contributed by atoms with E-state index >= 15 is 0 Å². The maximum absolute atomic E-state index is 13.4. The lowest BCUT2D eigenvalue weighted by molar-refractivity contribution is -0.384. The molecule has 0 unspecified atom stereocenters. The highest BCUT2D eigenvalue weighted by Gasteiger charge is 2.31. The number of thiazole rings is 1. The van der Waals surface area contributed by atoms with Gasteiger partial charge in [0, 0.05) is 30.6 Å². The predicted octanol–water partition coefficient (Wildman–Crippen LogP) is 3.83. The molecule has 0 aliphatic rings. The number of nitro groups is 1. The Kier molecular flexibility index (Phi) is 10.6. The number of nitrogens with zero attached hydrogens (tertiary/aromatic N) is 3. The summed E-state index contributed by atoms with van der Waals surface area (Å²) in [7, 11) is -4.15. The Morgan fingerprint density at radius 2 is 1.80 bits per heavy atom. The van der Waals surface area contributed by atoms with E-state index in [1.165, 1.54) is 11.3 Å². The fraction of sp³-hybridized carbons (Fsp3) is 0.385. The van der Waals surface area contributed by atoms with Gasteiger partial charge in [-0.3, -0.25) is 10.1 Å². The van der Waals surface area contributed by atoms with E-state index in [0.717, 1.165) is 39.3 Å². The summed E-state index contributed by atoms with van der Waals surface area (Å²) >= 11 is 1.53. The largest absolute Gasteiger partial charge is 0.487 e. The zero-order chi connectivity index (χ0) is 29.4. The van der Waals surface area contributed by atoms with Gasteiger partial charge in [0.2, 0.25) is 10.0 Å². The molecule has 14 heteroatoms. The normalized spacial score (nSPS) is 13.2. The third-order valence-corrected chi connectivity index (χ3v) is 8.52. The van der Waals surface area contributed by atoms with Gasteiger partial charge in [-0.1, -0.05) is 26.0 Å². The van der Waals surface area contributed by atoms with E-state index in [9.17, 15) is 33.5 Å². The summed E-state index contributed by atoms with van der Waals surface area (Å²) in [6.45, 7) is 5.47. The minimum Gasteiger partial charge on any atom is -0.487 e. The number of carboxylic acid groups (broad SMARTS) is 1. The number of nitrogens with one attached hydrogen (secondary N) is 1. The van der Waals surface area contributed by atoms with Crippen molar-refractivity contribution in [1.82, 2.24) is 14.6 Å². The van der Waals surface area contributed by atoms with Gasteiger partial charge >= 0.3 is 6.09 Å². The van der Waals surface area contributed by atoms with Crippen molar-refractivity contribution in [2.45, 2.75) is 50.8 Å². The second kappa shape index (κ2) is 13.7. The molecule has 216 valence electrons. The Morgan fingerprint density at radius 1 is 1.15 bits per heavy atom. The Hall–Kier alpha value is -3.59. The number of non-ortho nitro benzene ring substituents is 1. The SMILES string of the molecule is Cc1nc(COc2ccc(C[C@H](NC(=O)O)[C@H](O)CN(CC(C)C)S(=O)(=O)c3ccc([N+](=O)[O-])cc3)cc2)cs1. The second-order valence-corrected chi connectivity index (χ2v) is 12.6. The van der Waals surface area contributed by atoms with Crippen LogP contribution in [0.25, 0.3) is 0 Å². The number of ether oxygens (including phenoxy) is 1. The molecule has 0 aliphatic carbocycles. The van der Waals surface area contributed by atoms with E-state index in [2.05, 4.69) is 10.3 Å². The Balaban J connectivity index is 1.74. The van der Waals surface area contributed by atoms with Crippen LogP contribution in [0.1, 0.15) is 30.1 Å². The van der Waals surface area contributed by atoms with Crippen molar-refractivity contribution >= 4 is 33.1 Å². The van der Waals surface area contributed by atoms with Gasteiger partial charge in [0.1, 0.15) is 12.4 Å². The molecule has 2 atom stereocenters. The summed E-state index contributed by atoms with van der Waals surface area (Å²) < 4.78 is 33.6. The predicted molar refractivity (Wildman–Crippen MR) is 149 cm³/mol. The van der Waals surface area contributed by atoms with E-state index in [1.807, 2.05) is 12.3 Å². The van der Waals surface area contributed by atoms with Crippen molar-refractivity contribution in [2.24, 2.45) is 5.92 Å². The Bertz CT molecular complexity index is 1390. The minimum atomic E-state index is -4.15. The van der Waals surface area contributed by atoms with Crippen molar-refractivity contribution in [3.63, 3.8) is 0 Å². The lowest BCUT2D eigenvalue weighted by atomic mass is 10.0. The van der Waals surface area contributed by atoms with Gasteiger partial charge in [-0.25, -0.2) is 18.2 Å². The number of aliphatic hydroxyl groups is 1. The van der Waals surface area contributed by atoms with Crippen molar-refractivity contribution in [3.05, 3.63) is 80.3 Å². The molecule has 1 amide bonds. The zero-order valence-electron chi connectivity index (χ0n) is 22.3. The summed E-state index contributed by atoms with van der Waals surface area (Å²) in [6.07, 6.45) is -2.67. The maximum Gasteiger partial charge on any atom is 0.404 e. The fourth-order valence-corrected chi connectivity index (χ4v) is 6.17. The lowest BCUT2D eigenvalue weighted by Gasteiger charge is -2.30. The first-order valence-electron chi connectivity index (χ1n) is 12.4. The third-order valence-electron chi connectivity index (χ3n) is 5.85. The van der Waals surface area contributed by atoms with Crippen LogP contribution in [-0.4, -0.2) is 64.2 Å². The standard InChI is InChI=1S/C26H32N4O8S2/c1-17(2)13-29(40(36,37)23-10-6-21(7-11-23)30(34)35)14-25(31)24(28-26(32)33)12-19-4-8-22(9-5-19)38-15-20-16-39-18(3)27-20/h4-11,16-17,24-25,28,31H,12-15H2,1-3H3,(H,32,33)/t24-,25+/m0/s1. The van der Waals surface area contributed by atoms with Crippen LogP contribution in [0.2, 0.25) is 0 Å². The molecule has 1 heterocycles. The maximum atomic E-state index is 13.4. The average molecular weight is 593 g/mol. The van der Waals surface area contributed by atoms with Gasteiger partial charge in [-0.05, 0) is 49.1 Å². The summed E-state index contributed by atoms with van der Waals surface area (Å²) in [6, 6.07) is 10.4. The number of rotatable bonds is 14. The molecule has 0 aliphatic heterocycles. The number of aromatic nitrogens is 1. The summed E-state index contributed by atoms with van der Waals surface area (Å²) in [5.41, 5.74) is 1.26. The van der Waals surface area contributed by atoms with Crippen LogP contribution in [-0.2, 0) is 23.1 Å². The molecular formula is C26H32N4O8S2. The van der Waals surface area contributed by atoms with E-state index in [0.29, 0.717) is 17.9 Å². The van der Waals surface area contributed by atoms with E-state index < -0.39 is 39.7 Å². The van der Waals surface area contributed by atoms with Crippen molar-refractivity contribution in [1.29, 1.82) is 0 Å². The highest BCUT2D eigenvalue weighted by molar-refractivity contribution is 7.89. The van der Waals surface area contributed by atoms with Crippen LogP contribution in [0.3, 0.4) is 0 Å². The van der Waals surface area contributed by atoms with Crippen molar-refractivity contribution in [2.75, 3.05) is 13.1 Å². The van der Waals surface area contributed by atoms with Crippen LogP contribution in [0.4, 0.5) is 10.5 Å². The topological polar surface area (TPSA) is 172 Å². The highest BCUT2D eigenvalue weighted by atomic mass is 32.2. The number of aryl methyl sites for hydroxylation is 1. The fourth-order valence-electron chi connectivity index (χ4n) is 3.95. The molecule has 0 fully saturated rings. The number of amides is 1. The van der Waals surface area contributed by atoms with Gasteiger partial charge < -0.3 is 20.3 Å². The monoisotopic (exact) mass is 592 g/mol. The van der Waals surface area contributed by atoms with Gasteiger partial charge in [0.15, 0.2) is 0 Å². The summed E-state index contributed by atoms with van der Waals surface area (Å²) in [4.78, 5) is 26.0.